The van der Waals surface area contributed by atoms with E-state index in [0.29, 0.717) is 12.0 Å². The average Bonchev–Trinajstić information content (AvgIpc) is 3.17. The van der Waals surface area contributed by atoms with Gasteiger partial charge in [-0.3, -0.25) is 0 Å². The molecule has 2 unspecified atom stereocenters. The van der Waals surface area contributed by atoms with Gasteiger partial charge in [-0.25, -0.2) is 4.98 Å². The molecule has 0 radical (unpaired) electrons. The highest BCUT2D eigenvalue weighted by Gasteiger charge is 2.31. The lowest BCUT2D eigenvalue weighted by Crippen LogP contribution is -2.25. The summed E-state index contributed by atoms with van der Waals surface area (Å²) in [7, 11) is 0. The molecule has 0 fully saturated rings. The van der Waals surface area contributed by atoms with E-state index in [2.05, 4.69) is 64.4 Å². The van der Waals surface area contributed by atoms with Crippen molar-refractivity contribution in [2.45, 2.75) is 24.8 Å². The molecule has 2 nitrogen and oxygen atoms in total. The lowest BCUT2D eigenvalue weighted by atomic mass is 9.81. The number of nitrogens with zero attached hydrogens (tertiary/aromatic N) is 2. The maximum absolute atomic E-state index is 4.55. The highest BCUT2D eigenvalue weighted by molar-refractivity contribution is 7.09. The standard InChI is InChI=1S/C17H16N2S/c1-2-6-13(7-3-1)14-10-17-15(18-12-20-17)11-16(14)19-8-4-5-9-19/h1-9,12,14,16H,10-11H2. The summed E-state index contributed by atoms with van der Waals surface area (Å²) >= 11 is 1.80. The Hall–Kier alpha value is -1.87. The fourth-order valence-electron chi connectivity index (χ4n) is 3.22. The number of thiazole rings is 1. The molecule has 1 aromatic carbocycles. The van der Waals surface area contributed by atoms with E-state index >= 15 is 0 Å². The van der Waals surface area contributed by atoms with Crippen LogP contribution in [0.5, 0.6) is 0 Å². The number of hydrogen-bond donors (Lipinski definition) is 0. The lowest BCUT2D eigenvalue weighted by molar-refractivity contribution is 0.385. The van der Waals surface area contributed by atoms with Gasteiger partial charge in [0.1, 0.15) is 0 Å². The Morgan fingerprint density at radius 3 is 2.60 bits per heavy atom. The van der Waals surface area contributed by atoms with Crippen LogP contribution in [0.1, 0.15) is 28.1 Å². The Balaban J connectivity index is 1.78. The van der Waals surface area contributed by atoms with Crippen LogP contribution in [0, 0.1) is 0 Å². The SMILES string of the molecule is c1ccc(C2Cc3scnc3CC2n2cccc2)cc1. The van der Waals surface area contributed by atoms with Gasteiger partial charge < -0.3 is 4.57 Å². The number of aromatic nitrogens is 2. The Morgan fingerprint density at radius 1 is 1.00 bits per heavy atom. The predicted molar refractivity (Wildman–Crippen MR) is 82.2 cm³/mol. The highest BCUT2D eigenvalue weighted by Crippen LogP contribution is 2.40. The first-order valence-electron chi connectivity index (χ1n) is 7.00. The minimum Gasteiger partial charge on any atom is -0.350 e. The van der Waals surface area contributed by atoms with Gasteiger partial charge in [-0.1, -0.05) is 30.3 Å². The molecule has 0 spiro atoms. The van der Waals surface area contributed by atoms with Crippen molar-refractivity contribution in [3.8, 4) is 0 Å². The second-order valence-electron chi connectivity index (χ2n) is 5.35. The normalized spacial score (nSPS) is 21.6. The number of benzene rings is 1. The van der Waals surface area contributed by atoms with Crippen LogP contribution >= 0.6 is 11.3 Å². The predicted octanol–water partition coefficient (Wildman–Crippen LogP) is 4.07. The van der Waals surface area contributed by atoms with E-state index in [-0.39, 0.29) is 0 Å². The first-order valence-corrected chi connectivity index (χ1v) is 7.88. The summed E-state index contributed by atoms with van der Waals surface area (Å²) in [6.45, 7) is 0. The fourth-order valence-corrected chi connectivity index (χ4v) is 4.08. The van der Waals surface area contributed by atoms with Crippen molar-refractivity contribution in [1.29, 1.82) is 0 Å². The van der Waals surface area contributed by atoms with Crippen LogP contribution in [0.2, 0.25) is 0 Å². The Kier molecular flexibility index (Phi) is 2.92. The van der Waals surface area contributed by atoms with Crippen LogP contribution in [0.3, 0.4) is 0 Å². The lowest BCUT2D eigenvalue weighted by Gasteiger charge is -2.32. The van der Waals surface area contributed by atoms with Crippen LogP contribution in [-0.4, -0.2) is 9.55 Å². The summed E-state index contributed by atoms with van der Waals surface area (Å²) < 4.78 is 2.35. The summed E-state index contributed by atoms with van der Waals surface area (Å²) in [5, 5.41) is 0. The summed E-state index contributed by atoms with van der Waals surface area (Å²) in [6, 6.07) is 15.6. The van der Waals surface area contributed by atoms with Gasteiger partial charge in [-0.2, -0.15) is 0 Å². The van der Waals surface area contributed by atoms with Crippen molar-refractivity contribution in [3.05, 3.63) is 76.5 Å². The zero-order valence-electron chi connectivity index (χ0n) is 11.1. The number of rotatable bonds is 2. The molecule has 0 amide bonds. The molecule has 0 N–H and O–H groups in total. The first-order chi connectivity index (χ1) is 9.92. The monoisotopic (exact) mass is 280 g/mol. The highest BCUT2D eigenvalue weighted by atomic mass is 32.1. The van der Waals surface area contributed by atoms with Gasteiger partial charge in [0.2, 0.25) is 0 Å². The molecule has 2 atom stereocenters. The molecule has 0 aliphatic heterocycles. The molecule has 20 heavy (non-hydrogen) atoms. The van der Waals surface area contributed by atoms with E-state index in [1.54, 1.807) is 11.3 Å². The molecule has 0 saturated carbocycles. The largest absolute Gasteiger partial charge is 0.350 e. The molecular weight excluding hydrogens is 264 g/mol. The number of fused-ring (bicyclic) bond motifs is 1. The van der Waals surface area contributed by atoms with E-state index in [0.717, 1.165) is 12.8 Å². The van der Waals surface area contributed by atoms with E-state index in [1.807, 2.05) is 5.51 Å². The molecule has 0 saturated heterocycles. The van der Waals surface area contributed by atoms with Gasteiger partial charge in [0.05, 0.1) is 11.2 Å². The van der Waals surface area contributed by atoms with Crippen molar-refractivity contribution in [2.24, 2.45) is 0 Å². The van der Waals surface area contributed by atoms with Gasteiger partial charge in [0.15, 0.2) is 0 Å². The quantitative estimate of drug-likeness (QED) is 0.692. The maximum Gasteiger partial charge on any atom is 0.0797 e. The smallest absolute Gasteiger partial charge is 0.0797 e. The van der Waals surface area contributed by atoms with Gasteiger partial charge in [-0.15, -0.1) is 11.3 Å². The van der Waals surface area contributed by atoms with Crippen molar-refractivity contribution in [1.82, 2.24) is 9.55 Å². The third kappa shape index (κ3) is 1.98. The minimum absolute atomic E-state index is 0.474. The fraction of sp³-hybridized carbons (Fsp3) is 0.235. The van der Waals surface area contributed by atoms with E-state index < -0.39 is 0 Å². The van der Waals surface area contributed by atoms with Gasteiger partial charge in [-0.05, 0) is 24.1 Å². The molecule has 100 valence electrons. The Morgan fingerprint density at radius 2 is 1.80 bits per heavy atom. The van der Waals surface area contributed by atoms with E-state index in [4.69, 9.17) is 0 Å². The molecule has 0 bridgehead atoms. The third-order valence-electron chi connectivity index (χ3n) is 4.24. The van der Waals surface area contributed by atoms with Crippen LogP contribution in [-0.2, 0) is 12.8 Å². The summed E-state index contributed by atoms with van der Waals surface area (Å²) in [5.74, 6) is 0.538. The van der Waals surface area contributed by atoms with Crippen LogP contribution in [0.4, 0.5) is 0 Å². The minimum atomic E-state index is 0.474. The van der Waals surface area contributed by atoms with E-state index in [9.17, 15) is 0 Å². The maximum atomic E-state index is 4.55. The second kappa shape index (κ2) is 4.91. The zero-order valence-corrected chi connectivity index (χ0v) is 12.0. The summed E-state index contributed by atoms with van der Waals surface area (Å²) in [6.07, 6.45) is 6.50. The molecule has 3 heteroatoms. The Bertz CT molecular complexity index is 685. The van der Waals surface area contributed by atoms with Crippen molar-refractivity contribution in [3.63, 3.8) is 0 Å². The molecule has 1 aliphatic rings. The van der Waals surface area contributed by atoms with Crippen molar-refractivity contribution in [2.75, 3.05) is 0 Å². The zero-order chi connectivity index (χ0) is 13.4. The van der Waals surface area contributed by atoms with Crippen molar-refractivity contribution >= 4 is 11.3 Å². The van der Waals surface area contributed by atoms with Gasteiger partial charge >= 0.3 is 0 Å². The third-order valence-corrected chi connectivity index (χ3v) is 5.13. The molecule has 2 aromatic heterocycles. The van der Waals surface area contributed by atoms with Crippen LogP contribution < -0.4 is 0 Å². The topological polar surface area (TPSA) is 17.8 Å². The number of hydrogen-bond acceptors (Lipinski definition) is 2. The first kappa shape index (κ1) is 11.9. The van der Waals surface area contributed by atoms with Gasteiger partial charge in [0.25, 0.3) is 0 Å². The molecule has 1 aliphatic carbocycles. The average molecular weight is 280 g/mol. The van der Waals surface area contributed by atoms with Crippen LogP contribution in [0.25, 0.3) is 0 Å². The van der Waals surface area contributed by atoms with E-state index in [1.165, 1.54) is 16.1 Å². The Labute approximate surface area is 122 Å². The van der Waals surface area contributed by atoms with Gasteiger partial charge in [0, 0.05) is 35.7 Å². The molecular formula is C17H16N2S. The molecule has 4 rings (SSSR count). The summed E-state index contributed by atoms with van der Waals surface area (Å²) in [5.41, 5.74) is 4.72. The molecule has 3 aromatic rings. The second-order valence-corrected chi connectivity index (χ2v) is 6.28. The molecule has 2 heterocycles. The summed E-state index contributed by atoms with van der Waals surface area (Å²) in [4.78, 5) is 6.01. The van der Waals surface area contributed by atoms with Crippen LogP contribution in [0.15, 0.2) is 60.4 Å². The van der Waals surface area contributed by atoms with Crippen molar-refractivity contribution < 1.29 is 0 Å².